The number of aromatic nitrogens is 2. The first-order valence-electron chi connectivity index (χ1n) is 16.6. The van der Waals surface area contributed by atoms with E-state index in [0.717, 1.165) is 76.5 Å². The number of anilines is 2. The lowest BCUT2D eigenvalue weighted by Gasteiger charge is -2.42. The number of benzene rings is 2. The number of amides is 1. The van der Waals surface area contributed by atoms with Crippen LogP contribution in [0.1, 0.15) is 51.3 Å². The van der Waals surface area contributed by atoms with Crippen LogP contribution in [-0.4, -0.2) is 89.4 Å². The van der Waals surface area contributed by atoms with Crippen molar-refractivity contribution < 1.29 is 14.3 Å². The number of ether oxygens (including phenoxy) is 2. The van der Waals surface area contributed by atoms with Gasteiger partial charge in [0, 0.05) is 48.4 Å². The number of likely N-dealkylation sites (N-methyl/N-ethyl adjacent to an activating group) is 1. The van der Waals surface area contributed by atoms with Crippen LogP contribution in [0, 0.1) is 11.3 Å². The normalized spacial score (nSPS) is 23.7. The summed E-state index contributed by atoms with van der Waals surface area (Å²) in [4.78, 5) is 32.3. The third kappa shape index (κ3) is 6.19. The molecule has 47 heavy (non-hydrogen) atoms. The molecule has 11 heteroatoms. The van der Waals surface area contributed by atoms with E-state index in [0.29, 0.717) is 44.7 Å². The topological polar surface area (TPSA) is 98.1 Å². The zero-order valence-corrected chi connectivity index (χ0v) is 28.3. The third-order valence-electron chi connectivity index (χ3n) is 9.88. The maximum Gasteiger partial charge on any atom is 0.411 e. The number of nitrogens with zero attached hydrogens (tertiary/aromatic N) is 7. The number of fused-ring (bicyclic) bond motifs is 4. The summed E-state index contributed by atoms with van der Waals surface area (Å²) in [6.07, 6.45) is 4.89. The molecule has 0 aliphatic carbocycles. The van der Waals surface area contributed by atoms with Gasteiger partial charge in [-0.1, -0.05) is 35.9 Å². The van der Waals surface area contributed by atoms with Gasteiger partial charge in [-0.3, -0.25) is 4.90 Å². The average Bonchev–Trinajstić information content (AvgIpc) is 3.55. The van der Waals surface area contributed by atoms with Gasteiger partial charge in [0.25, 0.3) is 0 Å². The Labute approximate surface area is 281 Å². The van der Waals surface area contributed by atoms with Crippen molar-refractivity contribution in [2.45, 2.75) is 76.7 Å². The fourth-order valence-corrected chi connectivity index (χ4v) is 7.94. The first-order valence-corrected chi connectivity index (χ1v) is 17.0. The van der Waals surface area contributed by atoms with Crippen LogP contribution in [-0.2, 0) is 17.7 Å². The molecule has 4 aliphatic heterocycles. The van der Waals surface area contributed by atoms with E-state index in [1.54, 1.807) is 6.08 Å². The zero-order chi connectivity index (χ0) is 32.9. The minimum Gasteiger partial charge on any atom is -0.462 e. The lowest BCUT2D eigenvalue weighted by atomic mass is 10.0. The number of piperazine rings is 1. The molecule has 1 amide bonds. The van der Waals surface area contributed by atoms with Crippen molar-refractivity contribution in [3.05, 3.63) is 64.3 Å². The molecule has 0 N–H and O–H groups in total. The Hall–Kier alpha value is -4.07. The van der Waals surface area contributed by atoms with E-state index in [1.807, 2.05) is 37.8 Å². The van der Waals surface area contributed by atoms with Gasteiger partial charge in [0.1, 0.15) is 18.0 Å². The minimum atomic E-state index is -0.613. The molecule has 5 heterocycles. The van der Waals surface area contributed by atoms with Crippen LogP contribution >= 0.6 is 11.6 Å². The van der Waals surface area contributed by atoms with Gasteiger partial charge in [-0.2, -0.15) is 15.2 Å². The van der Waals surface area contributed by atoms with Gasteiger partial charge >= 0.3 is 12.1 Å². The molecule has 0 saturated carbocycles. The molecule has 3 fully saturated rings. The summed E-state index contributed by atoms with van der Waals surface area (Å²) in [6, 6.07) is 14.8. The number of hydrogen-bond donors (Lipinski definition) is 0. The summed E-state index contributed by atoms with van der Waals surface area (Å²) >= 11 is 6.74. The fraction of sp³-hybridized carbons (Fsp3) is 0.500. The van der Waals surface area contributed by atoms with Gasteiger partial charge in [-0.05, 0) is 83.1 Å². The summed E-state index contributed by atoms with van der Waals surface area (Å²) in [7, 11) is 2.14. The van der Waals surface area contributed by atoms with Gasteiger partial charge in [0.15, 0.2) is 0 Å². The average molecular weight is 656 g/mol. The van der Waals surface area contributed by atoms with Crippen LogP contribution in [0.15, 0.2) is 48.0 Å². The van der Waals surface area contributed by atoms with Crippen LogP contribution < -0.4 is 14.5 Å². The van der Waals surface area contributed by atoms with E-state index >= 15 is 0 Å². The van der Waals surface area contributed by atoms with Crippen molar-refractivity contribution in [3.8, 4) is 12.1 Å². The van der Waals surface area contributed by atoms with E-state index in [1.165, 1.54) is 0 Å². The van der Waals surface area contributed by atoms with Crippen LogP contribution in [0.4, 0.5) is 16.3 Å². The summed E-state index contributed by atoms with van der Waals surface area (Å²) in [5, 5.41) is 12.5. The predicted molar refractivity (Wildman–Crippen MR) is 183 cm³/mol. The Morgan fingerprint density at radius 1 is 1.13 bits per heavy atom. The van der Waals surface area contributed by atoms with Crippen LogP contribution in [0.25, 0.3) is 10.8 Å². The number of allylic oxidation sites excluding steroid dienone is 1. The van der Waals surface area contributed by atoms with Crippen molar-refractivity contribution in [2.24, 2.45) is 0 Å². The quantitative estimate of drug-likeness (QED) is 0.308. The third-order valence-corrected chi connectivity index (χ3v) is 10.2. The summed E-state index contributed by atoms with van der Waals surface area (Å²) in [5.74, 6) is 0.859. The number of likely N-dealkylation sites (tertiary alicyclic amines) is 1. The highest BCUT2D eigenvalue weighted by atomic mass is 35.5. The Balaban J connectivity index is 1.23. The van der Waals surface area contributed by atoms with E-state index in [2.05, 4.69) is 52.1 Å². The maximum absolute atomic E-state index is 13.4. The summed E-state index contributed by atoms with van der Waals surface area (Å²) in [6.45, 7) is 9.70. The molecule has 3 aromatic rings. The van der Waals surface area contributed by atoms with Crippen molar-refractivity contribution in [2.75, 3.05) is 49.6 Å². The highest BCUT2D eigenvalue weighted by Crippen LogP contribution is 2.41. The second-order valence-electron chi connectivity index (χ2n) is 14.1. The molecule has 1 aromatic heterocycles. The molecule has 7 rings (SSSR count). The van der Waals surface area contributed by atoms with Crippen molar-refractivity contribution in [1.29, 1.82) is 5.26 Å². The molecule has 0 unspecified atom stereocenters. The lowest BCUT2D eigenvalue weighted by Crippen LogP contribution is -2.57. The molecular formula is C36H42ClN7O3. The number of carbonyl (C=O) groups excluding carboxylic acids is 1. The molecular weight excluding hydrogens is 614 g/mol. The number of nitriles is 1. The summed E-state index contributed by atoms with van der Waals surface area (Å²) in [5.41, 5.74) is 3.47. The smallest absolute Gasteiger partial charge is 0.411 e. The van der Waals surface area contributed by atoms with Crippen LogP contribution in [0.2, 0.25) is 5.02 Å². The van der Waals surface area contributed by atoms with Gasteiger partial charge in [-0.25, -0.2) is 4.79 Å². The monoisotopic (exact) mass is 655 g/mol. The molecule has 4 aliphatic rings. The van der Waals surface area contributed by atoms with Gasteiger partial charge in [-0.15, -0.1) is 0 Å². The van der Waals surface area contributed by atoms with Crippen molar-refractivity contribution >= 4 is 40.0 Å². The summed E-state index contributed by atoms with van der Waals surface area (Å²) < 4.78 is 12.2. The molecule has 3 saturated heterocycles. The van der Waals surface area contributed by atoms with Crippen molar-refractivity contribution in [1.82, 2.24) is 19.8 Å². The van der Waals surface area contributed by atoms with Crippen LogP contribution in [0.5, 0.6) is 6.01 Å². The second kappa shape index (κ2) is 12.5. The highest BCUT2D eigenvalue weighted by molar-refractivity contribution is 6.36. The van der Waals surface area contributed by atoms with E-state index in [9.17, 15) is 10.1 Å². The Morgan fingerprint density at radius 2 is 1.94 bits per heavy atom. The second-order valence-corrected chi connectivity index (χ2v) is 14.6. The van der Waals surface area contributed by atoms with E-state index in [-0.39, 0.29) is 18.2 Å². The Kier molecular flexibility index (Phi) is 8.39. The molecule has 2 bridgehead atoms. The highest BCUT2D eigenvalue weighted by Gasteiger charge is 2.48. The van der Waals surface area contributed by atoms with Crippen molar-refractivity contribution in [3.63, 3.8) is 0 Å². The first-order chi connectivity index (χ1) is 22.6. The molecule has 246 valence electrons. The van der Waals surface area contributed by atoms with E-state index in [4.69, 9.17) is 31.0 Å². The molecule has 2 aromatic carbocycles. The standard InChI is InChI=1S/C36H42ClN7O3/c1-36(2,3)47-35(45)44-26-18-24(13-15-38)31(44)21-43(19-26)33-27-14-17-42(30-12-6-9-23-8-5-11-28(37)32(23)30)20-29(27)39-34(40-33)46-22-25-10-7-16-41(25)4/h5-6,8-9,11-13,25-26,31H,7,10,14,16-22H2,1-4H3/b24-13+/t25-,26+,31+/m0/s1. The van der Waals surface area contributed by atoms with Crippen LogP contribution in [0.3, 0.4) is 0 Å². The lowest BCUT2D eigenvalue weighted by molar-refractivity contribution is 0.0134. The number of hydrogen-bond acceptors (Lipinski definition) is 9. The van der Waals surface area contributed by atoms with Gasteiger partial charge in [0.05, 0.1) is 35.4 Å². The molecule has 0 spiro atoms. The molecule has 3 atom stereocenters. The maximum atomic E-state index is 13.4. The largest absolute Gasteiger partial charge is 0.462 e. The molecule has 10 nitrogen and oxygen atoms in total. The minimum absolute atomic E-state index is 0.136. The Morgan fingerprint density at radius 3 is 2.68 bits per heavy atom. The number of halogens is 1. The molecule has 0 radical (unpaired) electrons. The number of rotatable bonds is 5. The van der Waals surface area contributed by atoms with E-state index < -0.39 is 5.60 Å². The fourth-order valence-electron chi connectivity index (χ4n) is 7.66. The zero-order valence-electron chi connectivity index (χ0n) is 27.6. The van der Waals surface area contributed by atoms with Gasteiger partial charge in [0.2, 0.25) is 0 Å². The van der Waals surface area contributed by atoms with Gasteiger partial charge < -0.3 is 24.2 Å². The first kappa shape index (κ1) is 31.5. The predicted octanol–water partition coefficient (Wildman–Crippen LogP) is 5.97. The SMILES string of the molecule is CN1CCC[C@H]1COc1nc2c(c(N3C[C@H]4C/C(=C\C#N)[C@@H](C3)N4C(=O)OC(C)(C)C)n1)CCN(c1cccc3cccc(Cl)c13)C2. The number of carbonyl (C=O) groups is 1. The Bertz CT molecular complexity index is 1760.